The minimum atomic E-state index is -2.22. The van der Waals surface area contributed by atoms with Gasteiger partial charge in [-0.15, -0.1) is 53.6 Å². The Kier molecular flexibility index (Phi) is 11.5. The number of pyridine rings is 1. The summed E-state index contributed by atoms with van der Waals surface area (Å²) in [5, 5.41) is 3.33. The van der Waals surface area contributed by atoms with E-state index in [2.05, 4.69) is 197 Å². The molecule has 3 aromatic heterocycles. The molecule has 66 heavy (non-hydrogen) atoms. The molecule has 0 N–H and O–H groups in total. The monoisotopic (exact) mass is 1080 g/mol. The topological polar surface area (TPSA) is 30.7 Å². The molecule has 3 nitrogen and oxygen atoms in total. The Labute approximate surface area is 418 Å². The van der Waals surface area contributed by atoms with Crippen molar-refractivity contribution >= 4 is 55.8 Å². The molecule has 6 heteroatoms. The molecule has 0 bridgehead atoms. The zero-order valence-electron chi connectivity index (χ0n) is 44.7. The van der Waals surface area contributed by atoms with Crippen LogP contribution in [0.15, 0.2) is 152 Å². The van der Waals surface area contributed by atoms with E-state index in [4.69, 9.17) is 13.2 Å². The molecule has 333 valence electrons. The molecule has 0 unspecified atom stereocenters. The number of rotatable bonds is 8. The van der Waals surface area contributed by atoms with Gasteiger partial charge in [0.15, 0.2) is 0 Å². The van der Waals surface area contributed by atoms with Crippen molar-refractivity contribution in [2.24, 2.45) is 0 Å². The molecule has 0 aliphatic carbocycles. The summed E-state index contributed by atoms with van der Waals surface area (Å²) >= 11 is 1.85. The summed E-state index contributed by atoms with van der Waals surface area (Å²) < 4.78 is 50.5. The Hall–Kier alpha value is -5.75. The van der Waals surface area contributed by atoms with Crippen LogP contribution in [0.5, 0.6) is 0 Å². The second kappa shape index (κ2) is 19.2. The molecule has 0 aliphatic heterocycles. The molecule has 3 heterocycles. The molecule has 0 spiro atoms. The SMILES string of the molecule is Cc1cc(C(C)C)c(-n2c(-c3[c-]ccc4c3sc3cc(-c5cccc(-c6ccccc6)c5)ccc34)nc3ccccc32)c(C(C)C)c1.[2H]C([2H])([2H])c1c[c-]c(-c2cc(C([2H])([2H])[2H])c([Si](C)(C)C)cn2)cc1.[Ir]. The first-order valence-corrected chi connectivity index (χ1v) is 26.7. The minimum Gasteiger partial charge on any atom is -0.333 e. The summed E-state index contributed by atoms with van der Waals surface area (Å²) in [6.45, 7) is 13.2. The molecule has 7 aromatic carbocycles. The number of aromatic nitrogens is 3. The summed E-state index contributed by atoms with van der Waals surface area (Å²) in [6.07, 6.45) is 1.65. The number of imidazole rings is 1. The van der Waals surface area contributed by atoms with Gasteiger partial charge in [-0.05, 0) is 104 Å². The molecule has 0 saturated carbocycles. The molecular formula is C60H57IrN3SSi-2. The second-order valence-electron chi connectivity index (χ2n) is 18.6. The molecule has 0 fully saturated rings. The van der Waals surface area contributed by atoms with Gasteiger partial charge < -0.3 is 9.55 Å². The van der Waals surface area contributed by atoms with Gasteiger partial charge in [0.2, 0.25) is 0 Å². The Morgan fingerprint density at radius 2 is 1.36 bits per heavy atom. The van der Waals surface area contributed by atoms with Gasteiger partial charge in [-0.3, -0.25) is 4.98 Å². The first-order chi connectivity index (χ1) is 33.7. The van der Waals surface area contributed by atoms with E-state index < -0.39 is 21.8 Å². The Balaban J connectivity index is 0.000000235. The van der Waals surface area contributed by atoms with Crippen molar-refractivity contribution in [3.8, 4) is 50.6 Å². The van der Waals surface area contributed by atoms with Crippen LogP contribution in [-0.4, -0.2) is 22.6 Å². The van der Waals surface area contributed by atoms with Crippen molar-refractivity contribution in [3.63, 3.8) is 0 Å². The van der Waals surface area contributed by atoms with Crippen LogP contribution in [-0.2, 0) is 20.1 Å². The third-order valence-electron chi connectivity index (χ3n) is 12.1. The van der Waals surface area contributed by atoms with Crippen molar-refractivity contribution in [1.82, 2.24) is 14.5 Å². The number of thiophene rings is 1. The van der Waals surface area contributed by atoms with Crippen LogP contribution in [0.3, 0.4) is 0 Å². The minimum absolute atomic E-state index is 0. The van der Waals surface area contributed by atoms with Gasteiger partial charge in [0.25, 0.3) is 0 Å². The quantitative estimate of drug-likeness (QED) is 0.112. The molecule has 0 atom stereocenters. The van der Waals surface area contributed by atoms with Crippen LogP contribution in [0.1, 0.15) is 75.6 Å². The molecule has 0 amide bonds. The Morgan fingerprint density at radius 3 is 2.05 bits per heavy atom. The van der Waals surface area contributed by atoms with E-state index in [1.54, 1.807) is 18.3 Å². The fourth-order valence-electron chi connectivity index (χ4n) is 8.77. The smallest absolute Gasteiger partial charge is 0.0798 e. The second-order valence-corrected chi connectivity index (χ2v) is 24.7. The van der Waals surface area contributed by atoms with Crippen LogP contribution in [0.2, 0.25) is 19.6 Å². The number of fused-ring (bicyclic) bond motifs is 4. The van der Waals surface area contributed by atoms with Crippen molar-refractivity contribution in [3.05, 3.63) is 192 Å². The van der Waals surface area contributed by atoms with E-state index in [-0.39, 0.29) is 25.7 Å². The third kappa shape index (κ3) is 9.30. The van der Waals surface area contributed by atoms with Crippen LogP contribution in [0, 0.1) is 32.8 Å². The predicted molar refractivity (Wildman–Crippen MR) is 283 cm³/mol. The number of aryl methyl sites for hydroxylation is 3. The first-order valence-electron chi connectivity index (χ1n) is 25.4. The third-order valence-corrected chi connectivity index (χ3v) is 15.3. The fraction of sp³-hybridized carbons (Fsp3) is 0.200. The van der Waals surface area contributed by atoms with E-state index in [0.717, 1.165) is 27.6 Å². The van der Waals surface area contributed by atoms with Gasteiger partial charge in [-0.25, -0.2) is 0 Å². The van der Waals surface area contributed by atoms with E-state index >= 15 is 0 Å². The number of benzene rings is 7. The van der Waals surface area contributed by atoms with Crippen LogP contribution >= 0.6 is 11.3 Å². The van der Waals surface area contributed by atoms with Gasteiger partial charge in [0.1, 0.15) is 0 Å². The van der Waals surface area contributed by atoms with Crippen LogP contribution in [0.4, 0.5) is 0 Å². The molecular weight excluding hydrogens is 1020 g/mol. The molecule has 10 rings (SSSR count). The summed E-state index contributed by atoms with van der Waals surface area (Å²) in [7, 11) is -1.85. The number of para-hydroxylation sites is 2. The van der Waals surface area contributed by atoms with Crippen LogP contribution < -0.4 is 5.19 Å². The van der Waals surface area contributed by atoms with Gasteiger partial charge in [0, 0.05) is 44.9 Å². The maximum Gasteiger partial charge on any atom is 0.0798 e. The molecule has 10 aromatic rings. The van der Waals surface area contributed by atoms with Crippen molar-refractivity contribution in [2.45, 2.75) is 79.8 Å². The average Bonchev–Trinajstić information content (AvgIpc) is 3.92. The molecule has 1 radical (unpaired) electrons. The summed E-state index contributed by atoms with van der Waals surface area (Å²) in [4.78, 5) is 9.74. The zero-order chi connectivity index (χ0) is 50.6. The molecule has 0 saturated heterocycles. The fourth-order valence-corrected chi connectivity index (χ4v) is 11.3. The Bertz CT molecular complexity index is 3540. The van der Waals surface area contributed by atoms with Crippen molar-refractivity contribution in [2.75, 3.05) is 0 Å². The number of nitrogens with zero attached hydrogens (tertiary/aromatic N) is 3. The van der Waals surface area contributed by atoms with E-state index in [1.807, 2.05) is 11.3 Å². The zero-order valence-corrected chi connectivity index (χ0v) is 42.9. The summed E-state index contributed by atoms with van der Waals surface area (Å²) in [6, 6.07) is 56.6. The van der Waals surface area contributed by atoms with Crippen LogP contribution in [0.25, 0.3) is 81.8 Å². The van der Waals surface area contributed by atoms with Crippen molar-refractivity contribution < 1.29 is 28.3 Å². The van der Waals surface area contributed by atoms with Gasteiger partial charge in [-0.2, -0.15) is 11.3 Å². The standard InChI is InChI=1S/C44H37N2S.C16H20NSi.Ir/c1-27(2)37-23-29(5)24-38(28(3)4)42(37)46-40-20-10-9-19-39(40)45-44(46)36-18-12-17-35-34-22-21-33(26-41(34)47-43(35)36)32-16-11-15-31(25-32)30-13-7-6-8-14-30;1-12-6-8-14(9-7-12)15-10-13(2)16(11-17-15)18(3,4)5;/h6-17,19-28H,1-5H3;6-8,10-11H,1-5H3;/q2*-1;/i;1D3,2D3;. The van der Waals surface area contributed by atoms with Gasteiger partial charge >= 0.3 is 0 Å². The Morgan fingerprint density at radius 1 is 0.667 bits per heavy atom. The first kappa shape index (κ1) is 39.4. The summed E-state index contributed by atoms with van der Waals surface area (Å²) in [5.74, 6) is 1.67. The van der Waals surface area contributed by atoms with Crippen molar-refractivity contribution in [1.29, 1.82) is 0 Å². The largest absolute Gasteiger partial charge is 0.333 e. The maximum absolute atomic E-state index is 7.81. The molecule has 0 aliphatic rings. The summed E-state index contributed by atoms with van der Waals surface area (Å²) in [5.41, 5.74) is 14.9. The van der Waals surface area contributed by atoms with Gasteiger partial charge in [-0.1, -0.05) is 167 Å². The average molecular weight is 1080 g/mol. The predicted octanol–water partition coefficient (Wildman–Crippen LogP) is 16.5. The number of hydrogen-bond donors (Lipinski definition) is 0. The van der Waals surface area contributed by atoms with E-state index in [0.29, 0.717) is 28.7 Å². The van der Waals surface area contributed by atoms with E-state index in [1.165, 1.54) is 76.9 Å². The normalized spacial score (nSPS) is 13.4. The van der Waals surface area contributed by atoms with E-state index in [9.17, 15) is 0 Å². The van der Waals surface area contributed by atoms with Gasteiger partial charge in [0.05, 0.1) is 24.9 Å². The number of hydrogen-bond acceptors (Lipinski definition) is 3. The maximum atomic E-state index is 7.81.